The summed E-state index contributed by atoms with van der Waals surface area (Å²) in [7, 11) is -3.67. The first kappa shape index (κ1) is 33.2. The fourth-order valence-corrected chi connectivity index (χ4v) is 5.85. The monoisotopic (exact) mass is 699 g/mol. The third-order valence-electron chi connectivity index (χ3n) is 7.01. The summed E-state index contributed by atoms with van der Waals surface area (Å²) in [6.45, 7) is -3.72. The molecule has 0 radical (unpaired) electrons. The molecular weight excluding hydrogens is 675 g/mol. The Hall–Kier alpha value is -4.21. The van der Waals surface area contributed by atoms with E-state index in [2.05, 4.69) is 9.46 Å². The molecule has 244 valence electrons. The Kier molecular flexibility index (Phi) is 9.56. The van der Waals surface area contributed by atoms with Crippen LogP contribution in [0, 0.1) is 11.1 Å². The van der Waals surface area contributed by atoms with E-state index in [9.17, 15) is 36.8 Å². The summed E-state index contributed by atoms with van der Waals surface area (Å²) in [5, 5.41) is 11.7. The van der Waals surface area contributed by atoms with E-state index in [1.165, 1.54) is 36.4 Å². The third kappa shape index (κ3) is 7.95. The zero-order chi connectivity index (χ0) is 33.3. The largest absolute Gasteiger partial charge is 0.619 e. The first-order chi connectivity index (χ1) is 21.7. The van der Waals surface area contributed by atoms with Gasteiger partial charge in [0.15, 0.2) is 23.9 Å². The maximum absolute atomic E-state index is 13.3. The molecule has 0 bridgehead atoms. The molecule has 1 saturated carbocycles. The SMILES string of the molecule is CS(=O)(=O)Nc1ccc2c(c1)C(=O)N(CC(=O)O[C@@H](Cc1c(Cl)c[n+]([O-])cc1Cl)c1ccc(OC(F)F)c(OCC3CC3)c1)C2=O. The Bertz CT molecular complexity index is 1800. The summed E-state index contributed by atoms with van der Waals surface area (Å²) < 4.78 is 68.1. The van der Waals surface area contributed by atoms with E-state index >= 15 is 0 Å². The molecule has 12 nitrogen and oxygen atoms in total. The van der Waals surface area contributed by atoms with Crippen molar-refractivity contribution in [3.8, 4) is 11.5 Å². The van der Waals surface area contributed by atoms with Crippen LogP contribution in [0.3, 0.4) is 0 Å². The summed E-state index contributed by atoms with van der Waals surface area (Å²) in [5.74, 6) is -2.72. The smallest absolute Gasteiger partial charge is 0.387 e. The fourth-order valence-electron chi connectivity index (χ4n) is 4.70. The van der Waals surface area contributed by atoms with Crippen LogP contribution in [0.5, 0.6) is 11.5 Å². The van der Waals surface area contributed by atoms with Crippen molar-refractivity contribution in [3.63, 3.8) is 0 Å². The van der Waals surface area contributed by atoms with Crippen LogP contribution in [0.4, 0.5) is 14.5 Å². The van der Waals surface area contributed by atoms with Gasteiger partial charge in [0.25, 0.3) is 11.8 Å². The number of carbonyl (C=O) groups excluding carboxylic acids is 3. The van der Waals surface area contributed by atoms with Gasteiger partial charge in [-0.25, -0.2) is 8.42 Å². The summed E-state index contributed by atoms with van der Waals surface area (Å²) in [4.78, 5) is 40.0. The van der Waals surface area contributed by atoms with Gasteiger partial charge < -0.3 is 19.4 Å². The van der Waals surface area contributed by atoms with Gasteiger partial charge in [0.1, 0.15) is 22.7 Å². The minimum absolute atomic E-state index is 0.0349. The molecular formula is C29H25Cl2F2N3O9S. The predicted octanol–water partition coefficient (Wildman–Crippen LogP) is 4.51. The van der Waals surface area contributed by atoms with Crippen LogP contribution in [-0.2, 0) is 26.0 Å². The van der Waals surface area contributed by atoms with E-state index in [1.807, 2.05) is 0 Å². The molecule has 1 aromatic heterocycles. The number of imide groups is 1. The molecule has 46 heavy (non-hydrogen) atoms. The van der Waals surface area contributed by atoms with Crippen LogP contribution in [0.15, 0.2) is 48.8 Å². The Morgan fingerprint density at radius 1 is 1.07 bits per heavy atom. The average molecular weight is 701 g/mol. The van der Waals surface area contributed by atoms with Crippen molar-refractivity contribution >= 4 is 56.7 Å². The number of esters is 1. The minimum atomic E-state index is -3.67. The summed E-state index contributed by atoms with van der Waals surface area (Å²) in [6, 6.07) is 7.66. The molecule has 1 atom stereocenters. The van der Waals surface area contributed by atoms with E-state index in [0.717, 1.165) is 31.5 Å². The maximum Gasteiger partial charge on any atom is 0.387 e. The van der Waals surface area contributed by atoms with Crippen molar-refractivity contribution in [3.05, 3.63) is 86.3 Å². The summed E-state index contributed by atoms with van der Waals surface area (Å²) in [5.41, 5.74) is 0.332. The van der Waals surface area contributed by atoms with Crippen LogP contribution in [-0.4, -0.2) is 57.1 Å². The Labute approximate surface area is 271 Å². The molecule has 17 heteroatoms. The van der Waals surface area contributed by atoms with Gasteiger partial charge in [-0.05, 0) is 54.7 Å². The highest BCUT2D eigenvalue weighted by molar-refractivity contribution is 7.92. The summed E-state index contributed by atoms with van der Waals surface area (Å²) in [6.07, 6.45) is 3.40. The second-order valence-corrected chi connectivity index (χ2v) is 13.2. The number of alkyl halides is 2. The molecule has 1 aliphatic heterocycles. The highest BCUT2D eigenvalue weighted by Gasteiger charge is 2.38. The Balaban J connectivity index is 1.42. The number of halogens is 4. The first-order valence-corrected chi connectivity index (χ1v) is 16.3. The molecule has 1 fully saturated rings. The molecule has 2 aliphatic rings. The number of amides is 2. The molecule has 5 rings (SSSR count). The highest BCUT2D eigenvalue weighted by Crippen LogP contribution is 2.38. The van der Waals surface area contributed by atoms with Gasteiger partial charge in [0.05, 0.1) is 24.0 Å². The van der Waals surface area contributed by atoms with Crippen molar-refractivity contribution < 1.29 is 50.5 Å². The van der Waals surface area contributed by atoms with Gasteiger partial charge in [-0.15, -0.1) is 0 Å². The lowest BCUT2D eigenvalue weighted by Crippen LogP contribution is -2.36. The second-order valence-electron chi connectivity index (χ2n) is 10.6. The lowest BCUT2D eigenvalue weighted by molar-refractivity contribution is -0.605. The van der Waals surface area contributed by atoms with Gasteiger partial charge in [-0.2, -0.15) is 13.5 Å². The molecule has 3 aromatic rings. The number of hydrogen-bond donors (Lipinski definition) is 1. The van der Waals surface area contributed by atoms with Crippen LogP contribution in [0.2, 0.25) is 10.0 Å². The molecule has 0 saturated heterocycles. The number of anilines is 1. The first-order valence-electron chi connectivity index (χ1n) is 13.6. The Morgan fingerprint density at radius 3 is 2.37 bits per heavy atom. The number of rotatable bonds is 13. The number of hydrogen-bond acceptors (Lipinski definition) is 9. The van der Waals surface area contributed by atoms with Gasteiger partial charge in [0.2, 0.25) is 10.0 Å². The fraction of sp³-hybridized carbons (Fsp3) is 0.310. The van der Waals surface area contributed by atoms with Crippen LogP contribution in [0.25, 0.3) is 0 Å². The number of ether oxygens (including phenoxy) is 3. The number of benzene rings is 2. The number of nitrogens with zero attached hydrogens (tertiary/aromatic N) is 2. The van der Waals surface area contributed by atoms with Gasteiger partial charge >= 0.3 is 12.6 Å². The maximum atomic E-state index is 13.3. The van der Waals surface area contributed by atoms with E-state index in [-0.39, 0.29) is 68.4 Å². The van der Waals surface area contributed by atoms with E-state index in [0.29, 0.717) is 9.63 Å². The quantitative estimate of drug-likeness (QED) is 0.117. The molecule has 1 N–H and O–H groups in total. The van der Waals surface area contributed by atoms with Crippen molar-refractivity contribution in [1.82, 2.24) is 4.90 Å². The second kappa shape index (κ2) is 13.3. The standard InChI is InChI=1S/C29H25Cl2F2N3O9S/c1-46(41,42)34-17-5-6-18-19(9-17)28(39)36(27(18)38)13-26(37)44-24(10-20-21(30)11-35(40)12-22(20)31)16-4-7-23(45-29(32)33)25(8-16)43-14-15-2-3-15/h4-9,11-12,15,24,29,34H,2-3,10,13-14H2,1H3/t24-/m0/s1. The van der Waals surface area contributed by atoms with E-state index in [4.69, 9.17) is 32.7 Å². The normalized spacial score (nSPS) is 15.1. The van der Waals surface area contributed by atoms with Crippen molar-refractivity contribution in [2.75, 3.05) is 24.1 Å². The van der Waals surface area contributed by atoms with Gasteiger partial charge in [0, 0.05) is 17.7 Å². The van der Waals surface area contributed by atoms with E-state index < -0.39 is 47.1 Å². The minimum Gasteiger partial charge on any atom is -0.619 e. The van der Waals surface area contributed by atoms with Crippen LogP contribution >= 0.6 is 23.2 Å². The molecule has 2 amide bonds. The lowest BCUT2D eigenvalue weighted by atomic mass is 10.0. The molecule has 1 aliphatic carbocycles. The number of sulfonamides is 1. The van der Waals surface area contributed by atoms with Gasteiger partial charge in [-0.3, -0.25) is 24.0 Å². The molecule has 2 aromatic carbocycles. The Morgan fingerprint density at radius 2 is 1.74 bits per heavy atom. The molecule has 2 heterocycles. The highest BCUT2D eigenvalue weighted by atomic mass is 35.5. The van der Waals surface area contributed by atoms with Crippen molar-refractivity contribution in [1.29, 1.82) is 0 Å². The molecule has 0 spiro atoms. The van der Waals surface area contributed by atoms with Crippen LogP contribution < -0.4 is 18.9 Å². The van der Waals surface area contributed by atoms with Gasteiger partial charge in [-0.1, -0.05) is 29.3 Å². The van der Waals surface area contributed by atoms with Crippen LogP contribution in [0.1, 0.15) is 50.8 Å². The zero-order valence-electron chi connectivity index (χ0n) is 23.9. The average Bonchev–Trinajstić information content (AvgIpc) is 3.76. The number of carbonyl (C=O) groups is 3. The number of pyridine rings is 1. The number of fused-ring (bicyclic) bond motifs is 1. The zero-order valence-corrected chi connectivity index (χ0v) is 26.2. The van der Waals surface area contributed by atoms with Crippen molar-refractivity contribution in [2.24, 2.45) is 5.92 Å². The summed E-state index contributed by atoms with van der Waals surface area (Å²) >= 11 is 12.5. The topological polar surface area (TPSA) is 155 Å². The third-order valence-corrected chi connectivity index (χ3v) is 8.27. The predicted molar refractivity (Wildman–Crippen MR) is 160 cm³/mol. The molecule has 0 unspecified atom stereocenters. The number of nitrogens with one attached hydrogen (secondary N) is 1. The lowest BCUT2D eigenvalue weighted by Gasteiger charge is -2.22. The number of aromatic nitrogens is 1. The van der Waals surface area contributed by atoms with E-state index in [1.54, 1.807) is 0 Å². The van der Waals surface area contributed by atoms with Crippen molar-refractivity contribution in [2.45, 2.75) is 32.0 Å².